The average molecular weight is 463 g/mol. The number of nitrogens with one attached hydrogen (secondary N) is 2. The van der Waals surface area contributed by atoms with Crippen molar-refractivity contribution in [3.63, 3.8) is 0 Å². The van der Waals surface area contributed by atoms with Gasteiger partial charge in [0.2, 0.25) is 5.91 Å². The summed E-state index contributed by atoms with van der Waals surface area (Å²) >= 11 is 0. The molecule has 182 valence electrons. The van der Waals surface area contributed by atoms with Gasteiger partial charge in [0, 0.05) is 5.92 Å². The van der Waals surface area contributed by atoms with Crippen LogP contribution >= 0.6 is 0 Å². The maximum Gasteiger partial charge on any atom is 0.408 e. The molecule has 2 fully saturated rings. The lowest BCUT2D eigenvalue weighted by atomic mass is 9.88. The molecule has 0 bridgehead atoms. The molecule has 0 unspecified atom stereocenters. The van der Waals surface area contributed by atoms with E-state index in [2.05, 4.69) is 30.4 Å². The van der Waals surface area contributed by atoms with E-state index in [0.717, 1.165) is 0 Å². The van der Waals surface area contributed by atoms with Gasteiger partial charge in [-0.1, -0.05) is 51.8 Å². The Morgan fingerprint density at radius 2 is 1.61 bits per heavy atom. The number of hydrogen-bond donors (Lipinski definition) is 2. The van der Waals surface area contributed by atoms with Gasteiger partial charge < -0.3 is 24.8 Å². The molecule has 0 radical (unpaired) electrons. The molecule has 0 aromatic carbocycles. The highest BCUT2D eigenvalue weighted by Gasteiger charge is 2.72. The summed E-state index contributed by atoms with van der Waals surface area (Å²) in [5.41, 5.74) is -1.41. The van der Waals surface area contributed by atoms with Crippen LogP contribution in [-0.2, 0) is 28.6 Å². The third-order valence-corrected chi connectivity index (χ3v) is 5.93. The van der Waals surface area contributed by atoms with E-state index in [-0.39, 0.29) is 31.7 Å². The van der Waals surface area contributed by atoms with Gasteiger partial charge in [0.1, 0.15) is 31.4 Å². The second-order valence-electron chi connectivity index (χ2n) is 8.73. The van der Waals surface area contributed by atoms with E-state index in [1.54, 1.807) is 0 Å². The van der Waals surface area contributed by atoms with Crippen LogP contribution < -0.4 is 10.6 Å². The minimum atomic E-state index is -1.41. The van der Waals surface area contributed by atoms with Gasteiger partial charge in [-0.15, -0.1) is 0 Å². The van der Waals surface area contributed by atoms with E-state index in [4.69, 9.17) is 14.2 Å². The number of ether oxygens (including phenoxy) is 3. The second-order valence-corrected chi connectivity index (χ2v) is 8.73. The van der Waals surface area contributed by atoms with Gasteiger partial charge in [-0.25, -0.2) is 9.59 Å². The Kier molecular flexibility index (Phi) is 9.25. The maximum absolute atomic E-state index is 13.6. The van der Waals surface area contributed by atoms with Gasteiger partial charge >= 0.3 is 18.0 Å². The normalized spacial score (nSPS) is 25.7. The summed E-state index contributed by atoms with van der Waals surface area (Å²) in [6.45, 7) is 14.4. The average Bonchev–Trinajstić information content (AvgIpc) is 3.40. The van der Waals surface area contributed by atoms with Crippen molar-refractivity contribution < 1.29 is 33.4 Å². The summed E-state index contributed by atoms with van der Waals surface area (Å²) in [7, 11) is 0. The number of rotatable bonds is 13. The van der Waals surface area contributed by atoms with Crippen molar-refractivity contribution in [2.45, 2.75) is 44.7 Å². The van der Waals surface area contributed by atoms with Crippen LogP contribution in [0.25, 0.3) is 0 Å². The van der Waals surface area contributed by atoms with Crippen LogP contribution in [0.15, 0.2) is 38.0 Å². The molecule has 33 heavy (non-hydrogen) atoms. The topological polar surface area (TPSA) is 120 Å². The predicted octanol–water partition coefficient (Wildman–Crippen LogP) is 2.28. The van der Waals surface area contributed by atoms with Crippen molar-refractivity contribution in [2.24, 2.45) is 23.7 Å². The highest BCUT2D eigenvalue weighted by atomic mass is 16.6. The molecule has 0 aromatic heterocycles. The van der Waals surface area contributed by atoms with Crippen molar-refractivity contribution in [2.75, 3.05) is 19.8 Å². The fourth-order valence-corrected chi connectivity index (χ4v) is 4.56. The highest BCUT2D eigenvalue weighted by molar-refractivity contribution is 5.96. The third kappa shape index (κ3) is 6.24. The molecule has 2 aliphatic carbocycles. The van der Waals surface area contributed by atoms with E-state index < -0.39 is 47.4 Å². The summed E-state index contributed by atoms with van der Waals surface area (Å²) < 4.78 is 15.4. The lowest BCUT2D eigenvalue weighted by Gasteiger charge is -2.33. The predicted molar refractivity (Wildman–Crippen MR) is 121 cm³/mol. The quantitative estimate of drug-likeness (QED) is 0.245. The molecule has 2 amide bonds. The van der Waals surface area contributed by atoms with Crippen molar-refractivity contribution in [3.8, 4) is 0 Å². The van der Waals surface area contributed by atoms with E-state index in [1.165, 1.54) is 18.2 Å². The molecule has 2 N–H and O–H groups in total. The molecule has 9 nitrogen and oxygen atoms in total. The number of alkyl carbamates (subject to hydrolysis) is 1. The van der Waals surface area contributed by atoms with Crippen LogP contribution in [-0.4, -0.2) is 55.3 Å². The van der Waals surface area contributed by atoms with Crippen LogP contribution in [0.1, 0.15) is 33.1 Å². The van der Waals surface area contributed by atoms with Crippen molar-refractivity contribution in [3.05, 3.63) is 38.0 Å². The van der Waals surface area contributed by atoms with Gasteiger partial charge in [-0.05, 0) is 31.1 Å². The Morgan fingerprint density at radius 3 is 2.21 bits per heavy atom. The molecule has 0 spiro atoms. The first kappa shape index (κ1) is 26.2. The van der Waals surface area contributed by atoms with Gasteiger partial charge in [0.15, 0.2) is 0 Å². The first-order valence-corrected chi connectivity index (χ1v) is 11.1. The van der Waals surface area contributed by atoms with Crippen LogP contribution in [0.2, 0.25) is 0 Å². The molecule has 0 aliphatic heterocycles. The molecular formula is C24H34N2O7. The number of esters is 2. The molecule has 9 heteroatoms. The zero-order valence-corrected chi connectivity index (χ0v) is 19.3. The number of carbonyl (C=O) groups excluding carboxylic acids is 4. The standard InChI is InChI=1S/C24H34N2O7/c1-6-11-31-20(27)17(14-15(4)5)25-22(29)24(26-23(30)33-13-8-3)10-9-16-18(19(16)24)21(28)32-12-7-2/h6-8,15-19H,1-3,9-14H2,4-5H3,(H,25,29)(H,26,30)/t16-,17-,18-,19-,24-/m0/s1. The van der Waals surface area contributed by atoms with E-state index in [1.807, 2.05) is 13.8 Å². The molecule has 2 rings (SSSR count). The van der Waals surface area contributed by atoms with Gasteiger partial charge in [0.25, 0.3) is 0 Å². The lowest BCUT2D eigenvalue weighted by molar-refractivity contribution is -0.149. The zero-order chi connectivity index (χ0) is 24.6. The van der Waals surface area contributed by atoms with Crippen molar-refractivity contribution in [1.29, 1.82) is 0 Å². The molecular weight excluding hydrogens is 428 g/mol. The summed E-state index contributed by atoms with van der Waals surface area (Å²) in [5.74, 6) is -2.59. The monoisotopic (exact) mass is 462 g/mol. The fourth-order valence-electron chi connectivity index (χ4n) is 4.56. The lowest BCUT2D eigenvalue weighted by Crippen LogP contribution is -2.62. The SMILES string of the molecule is C=CCOC(=O)N[C@@]1(C(=O)N[C@@H](CC(C)C)C(=O)OCC=C)CC[C@H]2[C@H](C(=O)OCC=C)[C@H]21. The minimum absolute atomic E-state index is 0.0164. The molecule has 2 aliphatic rings. The van der Waals surface area contributed by atoms with Crippen molar-refractivity contribution >= 4 is 23.9 Å². The Hall–Kier alpha value is -3.10. The first-order valence-electron chi connectivity index (χ1n) is 11.1. The second kappa shape index (κ2) is 11.7. The smallest absolute Gasteiger partial charge is 0.408 e. The third-order valence-electron chi connectivity index (χ3n) is 5.93. The molecule has 0 aromatic rings. The minimum Gasteiger partial charge on any atom is -0.461 e. The summed E-state index contributed by atoms with van der Waals surface area (Å²) in [6.07, 6.45) is 4.71. The molecule has 5 atom stereocenters. The molecule has 2 saturated carbocycles. The molecule has 0 heterocycles. The molecule has 0 saturated heterocycles. The number of hydrogen-bond acceptors (Lipinski definition) is 7. The maximum atomic E-state index is 13.6. The Balaban J connectivity index is 2.26. The van der Waals surface area contributed by atoms with Crippen LogP contribution in [0.5, 0.6) is 0 Å². The zero-order valence-electron chi connectivity index (χ0n) is 19.3. The van der Waals surface area contributed by atoms with E-state index in [0.29, 0.717) is 19.3 Å². The van der Waals surface area contributed by atoms with E-state index >= 15 is 0 Å². The summed E-state index contributed by atoms with van der Waals surface area (Å²) in [5, 5.41) is 5.44. The van der Waals surface area contributed by atoms with Crippen LogP contribution in [0.4, 0.5) is 4.79 Å². The Labute approximate surface area is 194 Å². The first-order chi connectivity index (χ1) is 15.7. The highest BCUT2D eigenvalue weighted by Crippen LogP contribution is 2.62. The van der Waals surface area contributed by atoms with Crippen LogP contribution in [0.3, 0.4) is 0 Å². The van der Waals surface area contributed by atoms with Gasteiger partial charge in [-0.2, -0.15) is 0 Å². The Morgan fingerprint density at radius 1 is 1.00 bits per heavy atom. The summed E-state index contributed by atoms with van der Waals surface area (Å²) in [6, 6.07) is -0.913. The number of fused-ring (bicyclic) bond motifs is 1. The summed E-state index contributed by atoms with van der Waals surface area (Å²) in [4.78, 5) is 51.0. The Bertz CT molecular complexity index is 794. The van der Waals surface area contributed by atoms with Crippen molar-refractivity contribution in [1.82, 2.24) is 10.6 Å². The van der Waals surface area contributed by atoms with E-state index in [9.17, 15) is 19.2 Å². The van der Waals surface area contributed by atoms with Crippen LogP contribution in [0, 0.1) is 23.7 Å². The van der Waals surface area contributed by atoms with Gasteiger partial charge in [0.05, 0.1) is 5.92 Å². The number of amides is 2. The number of carbonyl (C=O) groups is 4. The van der Waals surface area contributed by atoms with Gasteiger partial charge in [-0.3, -0.25) is 9.59 Å². The largest absolute Gasteiger partial charge is 0.461 e. The fraction of sp³-hybridized carbons (Fsp3) is 0.583.